The van der Waals surface area contributed by atoms with Crippen LogP contribution in [-0.2, 0) is 11.3 Å². The highest BCUT2D eigenvalue weighted by molar-refractivity contribution is 7.13. The summed E-state index contributed by atoms with van der Waals surface area (Å²) in [7, 11) is 1.65. The van der Waals surface area contributed by atoms with Crippen molar-refractivity contribution in [1.29, 1.82) is 0 Å². The number of carbonyl (C=O) groups excluding carboxylic acids is 1. The number of thiazole rings is 1. The Morgan fingerprint density at radius 3 is 2.83 bits per heavy atom. The van der Waals surface area contributed by atoms with Crippen LogP contribution in [0, 0.1) is 6.92 Å². The zero-order valence-corrected chi connectivity index (χ0v) is 15.3. The molecule has 0 bridgehead atoms. The molecule has 3 rings (SSSR count). The number of piperazine rings is 1. The van der Waals surface area contributed by atoms with Crippen molar-refractivity contribution in [2.75, 3.05) is 46.4 Å². The van der Waals surface area contributed by atoms with E-state index in [9.17, 15) is 4.79 Å². The molecule has 2 fully saturated rings. The third-order valence-corrected chi connectivity index (χ3v) is 5.54. The highest BCUT2D eigenvalue weighted by Gasteiger charge is 2.32. The lowest BCUT2D eigenvalue weighted by molar-refractivity contribution is 0.0777. The normalized spacial score (nSPS) is 22.2. The smallest absolute Gasteiger partial charge is 0.265 e. The number of nitrogens with one attached hydrogen (secondary N) is 1. The minimum Gasteiger partial charge on any atom is -0.378 e. The first-order chi connectivity index (χ1) is 10.7. The molecule has 1 aromatic rings. The van der Waals surface area contributed by atoms with E-state index in [0.717, 1.165) is 61.3 Å². The molecule has 23 heavy (non-hydrogen) atoms. The van der Waals surface area contributed by atoms with Crippen LogP contribution in [0.25, 0.3) is 0 Å². The molecular weight excluding hydrogens is 336 g/mol. The topological polar surface area (TPSA) is 57.7 Å². The average molecular weight is 361 g/mol. The lowest BCUT2D eigenvalue weighted by Gasteiger charge is -2.32. The second-order valence-electron chi connectivity index (χ2n) is 5.93. The number of methoxy groups -OCH3 is 1. The van der Waals surface area contributed by atoms with Gasteiger partial charge in [-0.05, 0) is 13.3 Å². The summed E-state index contributed by atoms with van der Waals surface area (Å²) in [6, 6.07) is 0.512. The maximum atomic E-state index is 12.7. The third-order valence-electron chi connectivity index (χ3n) is 4.42. The van der Waals surface area contributed by atoms with Crippen molar-refractivity contribution in [3.05, 3.63) is 15.6 Å². The molecule has 1 amide bonds. The fourth-order valence-corrected chi connectivity index (χ4v) is 4.26. The van der Waals surface area contributed by atoms with Gasteiger partial charge in [-0.3, -0.25) is 9.69 Å². The molecule has 1 aromatic heterocycles. The van der Waals surface area contributed by atoms with Crippen LogP contribution in [0.15, 0.2) is 0 Å². The van der Waals surface area contributed by atoms with Crippen LogP contribution >= 0.6 is 23.7 Å². The summed E-state index contributed by atoms with van der Waals surface area (Å²) in [5, 5.41) is 4.26. The van der Waals surface area contributed by atoms with Gasteiger partial charge in [0.05, 0.1) is 12.3 Å². The highest BCUT2D eigenvalue weighted by atomic mass is 35.5. The Kier molecular flexibility index (Phi) is 6.79. The lowest BCUT2D eigenvalue weighted by atomic mass is 10.2. The molecular formula is C15H25ClN4O2S. The predicted octanol–water partition coefficient (Wildman–Crippen LogP) is 1.14. The summed E-state index contributed by atoms with van der Waals surface area (Å²) in [4.78, 5) is 22.4. The first-order valence-corrected chi connectivity index (χ1v) is 8.70. The van der Waals surface area contributed by atoms with Crippen molar-refractivity contribution in [3.8, 4) is 0 Å². The number of aromatic nitrogens is 1. The molecule has 0 saturated carbocycles. The average Bonchev–Trinajstić information content (AvgIpc) is 3.15. The number of likely N-dealkylation sites (tertiary alicyclic amines) is 1. The van der Waals surface area contributed by atoms with Gasteiger partial charge in [-0.15, -0.1) is 23.7 Å². The SMILES string of the molecule is COCc1nc(C)c(C(=O)N2CCC(N3CCNCC3)C2)s1.Cl. The van der Waals surface area contributed by atoms with E-state index in [4.69, 9.17) is 4.74 Å². The summed E-state index contributed by atoms with van der Waals surface area (Å²) in [5.41, 5.74) is 0.827. The van der Waals surface area contributed by atoms with Gasteiger partial charge in [0.2, 0.25) is 0 Å². The van der Waals surface area contributed by atoms with Gasteiger partial charge in [0.1, 0.15) is 9.88 Å². The van der Waals surface area contributed by atoms with E-state index in [0.29, 0.717) is 12.6 Å². The van der Waals surface area contributed by atoms with Crippen molar-refractivity contribution < 1.29 is 9.53 Å². The Balaban J connectivity index is 0.00000192. The number of rotatable bonds is 4. The van der Waals surface area contributed by atoms with Gasteiger partial charge in [-0.2, -0.15) is 0 Å². The molecule has 0 aliphatic carbocycles. The van der Waals surface area contributed by atoms with Gasteiger partial charge in [-0.1, -0.05) is 0 Å². The van der Waals surface area contributed by atoms with Gasteiger partial charge in [0.25, 0.3) is 5.91 Å². The minimum absolute atomic E-state index is 0. The van der Waals surface area contributed by atoms with E-state index in [-0.39, 0.29) is 18.3 Å². The first-order valence-electron chi connectivity index (χ1n) is 7.88. The second-order valence-corrected chi connectivity index (χ2v) is 7.02. The largest absolute Gasteiger partial charge is 0.378 e. The van der Waals surface area contributed by atoms with Crippen molar-refractivity contribution in [1.82, 2.24) is 20.1 Å². The number of halogens is 1. The maximum Gasteiger partial charge on any atom is 0.265 e. The molecule has 1 N–H and O–H groups in total. The fourth-order valence-electron chi connectivity index (χ4n) is 3.25. The van der Waals surface area contributed by atoms with E-state index < -0.39 is 0 Å². The highest BCUT2D eigenvalue weighted by Crippen LogP contribution is 2.24. The molecule has 0 spiro atoms. The van der Waals surface area contributed by atoms with Gasteiger partial charge >= 0.3 is 0 Å². The fraction of sp³-hybridized carbons (Fsp3) is 0.733. The number of carbonyl (C=O) groups is 1. The standard InChI is InChI=1S/C15H24N4O2S.ClH/c1-11-14(22-13(17-11)10-21-2)15(20)19-6-3-12(9-19)18-7-4-16-5-8-18;/h12,16H,3-10H2,1-2H3;1H. The van der Waals surface area contributed by atoms with Crippen molar-refractivity contribution in [2.24, 2.45) is 0 Å². The van der Waals surface area contributed by atoms with Crippen molar-refractivity contribution in [3.63, 3.8) is 0 Å². The Morgan fingerprint density at radius 2 is 2.13 bits per heavy atom. The van der Waals surface area contributed by atoms with Gasteiger partial charge in [-0.25, -0.2) is 4.98 Å². The molecule has 1 atom stereocenters. The van der Waals surface area contributed by atoms with Crippen LogP contribution in [-0.4, -0.2) is 73.1 Å². The summed E-state index contributed by atoms with van der Waals surface area (Å²) in [5.74, 6) is 0.134. The number of nitrogens with zero attached hydrogens (tertiary/aromatic N) is 3. The molecule has 0 radical (unpaired) electrons. The van der Waals surface area contributed by atoms with Crippen LogP contribution < -0.4 is 5.32 Å². The summed E-state index contributed by atoms with van der Waals surface area (Å²) < 4.78 is 5.11. The van der Waals surface area contributed by atoms with Crippen LogP contribution in [0.2, 0.25) is 0 Å². The monoisotopic (exact) mass is 360 g/mol. The molecule has 2 aliphatic heterocycles. The van der Waals surface area contributed by atoms with Crippen LogP contribution in [0.4, 0.5) is 0 Å². The lowest BCUT2D eigenvalue weighted by Crippen LogP contribution is -2.49. The molecule has 1 unspecified atom stereocenters. The number of hydrogen-bond acceptors (Lipinski definition) is 6. The van der Waals surface area contributed by atoms with Crippen LogP contribution in [0.1, 0.15) is 26.8 Å². The van der Waals surface area contributed by atoms with Crippen molar-refractivity contribution in [2.45, 2.75) is 26.0 Å². The van der Waals surface area contributed by atoms with E-state index in [1.165, 1.54) is 11.3 Å². The maximum absolute atomic E-state index is 12.7. The molecule has 3 heterocycles. The van der Waals surface area contributed by atoms with Gasteiger partial charge in [0.15, 0.2) is 0 Å². The molecule has 8 heteroatoms. The minimum atomic E-state index is 0. The summed E-state index contributed by atoms with van der Waals surface area (Å²) in [6.45, 7) is 8.36. The van der Waals surface area contributed by atoms with E-state index in [2.05, 4.69) is 15.2 Å². The predicted molar refractivity (Wildman–Crippen MR) is 93.6 cm³/mol. The van der Waals surface area contributed by atoms with E-state index >= 15 is 0 Å². The Bertz CT molecular complexity index is 534. The number of ether oxygens (including phenoxy) is 1. The Morgan fingerprint density at radius 1 is 1.39 bits per heavy atom. The molecule has 130 valence electrons. The zero-order valence-electron chi connectivity index (χ0n) is 13.7. The number of hydrogen-bond donors (Lipinski definition) is 1. The first kappa shape index (κ1) is 18.6. The van der Waals surface area contributed by atoms with E-state index in [1.54, 1.807) is 7.11 Å². The Hall–Kier alpha value is -0.730. The second kappa shape index (κ2) is 8.39. The van der Waals surface area contributed by atoms with Gasteiger partial charge in [0, 0.05) is 52.4 Å². The summed E-state index contributed by atoms with van der Waals surface area (Å²) >= 11 is 1.46. The van der Waals surface area contributed by atoms with Gasteiger partial charge < -0.3 is 15.0 Å². The molecule has 2 saturated heterocycles. The van der Waals surface area contributed by atoms with Crippen molar-refractivity contribution >= 4 is 29.7 Å². The zero-order chi connectivity index (χ0) is 15.5. The van der Waals surface area contributed by atoms with Crippen LogP contribution in [0.5, 0.6) is 0 Å². The van der Waals surface area contributed by atoms with E-state index in [1.807, 2.05) is 11.8 Å². The molecule has 0 aromatic carbocycles. The number of aryl methyl sites for hydroxylation is 1. The number of amides is 1. The molecule has 6 nitrogen and oxygen atoms in total. The van der Waals surface area contributed by atoms with Crippen LogP contribution in [0.3, 0.4) is 0 Å². The molecule has 2 aliphatic rings. The Labute approximate surface area is 147 Å². The quantitative estimate of drug-likeness (QED) is 0.872. The summed E-state index contributed by atoms with van der Waals surface area (Å²) in [6.07, 6.45) is 1.08. The third kappa shape index (κ3) is 4.22.